The number of rotatable bonds is 5. The maximum Gasteiger partial charge on any atom is 0.257 e. The van der Waals surface area contributed by atoms with Crippen LogP contribution >= 0.6 is 0 Å². The number of hydrogen-bond acceptors (Lipinski definition) is 2. The van der Waals surface area contributed by atoms with Crippen LogP contribution in [0.15, 0.2) is 18.2 Å². The highest BCUT2D eigenvalue weighted by Gasteiger charge is 2.24. The number of carbonyl (C=O) groups is 1. The van der Waals surface area contributed by atoms with Gasteiger partial charge in [-0.05, 0) is 25.0 Å². The van der Waals surface area contributed by atoms with Crippen LogP contribution in [0.25, 0.3) is 0 Å². The van der Waals surface area contributed by atoms with Crippen molar-refractivity contribution in [2.75, 3.05) is 6.54 Å². The van der Waals surface area contributed by atoms with Crippen LogP contribution in [0.5, 0.6) is 0 Å². The zero-order valence-electron chi connectivity index (χ0n) is 10.5. The van der Waals surface area contributed by atoms with Crippen LogP contribution in [-0.4, -0.2) is 23.2 Å². The minimum atomic E-state index is -1.04. The van der Waals surface area contributed by atoms with Crippen molar-refractivity contribution in [2.45, 2.75) is 32.3 Å². The van der Waals surface area contributed by atoms with Crippen molar-refractivity contribution >= 4 is 5.91 Å². The third-order valence-corrected chi connectivity index (χ3v) is 3.08. The average molecular weight is 257 g/mol. The zero-order valence-corrected chi connectivity index (χ0v) is 10.5. The van der Waals surface area contributed by atoms with Gasteiger partial charge in [-0.2, -0.15) is 0 Å². The van der Waals surface area contributed by atoms with Crippen LogP contribution in [0, 0.1) is 11.6 Å². The molecule has 1 amide bonds. The number of carbonyl (C=O) groups excluding carboxylic acids is 1. The monoisotopic (exact) mass is 257 g/mol. The Kier molecular flexibility index (Phi) is 4.78. The first-order chi connectivity index (χ1) is 8.43. The van der Waals surface area contributed by atoms with Crippen molar-refractivity contribution in [3.8, 4) is 0 Å². The number of halogens is 2. The Balaban J connectivity index is 2.78. The van der Waals surface area contributed by atoms with Gasteiger partial charge >= 0.3 is 0 Å². The minimum Gasteiger partial charge on any atom is -0.388 e. The molecule has 0 saturated heterocycles. The quantitative estimate of drug-likeness (QED) is 0.850. The summed E-state index contributed by atoms with van der Waals surface area (Å²) >= 11 is 0. The molecule has 0 saturated carbocycles. The van der Waals surface area contributed by atoms with Gasteiger partial charge in [-0.15, -0.1) is 0 Å². The van der Waals surface area contributed by atoms with Crippen LogP contribution in [0.4, 0.5) is 8.78 Å². The average Bonchev–Trinajstić information content (AvgIpc) is 2.36. The maximum atomic E-state index is 13.3. The van der Waals surface area contributed by atoms with Gasteiger partial charge in [0.25, 0.3) is 5.91 Å². The third-order valence-electron chi connectivity index (χ3n) is 3.08. The van der Waals surface area contributed by atoms with E-state index in [9.17, 15) is 18.7 Å². The number of benzene rings is 1. The number of nitrogens with one attached hydrogen (secondary N) is 1. The Morgan fingerprint density at radius 1 is 1.28 bits per heavy atom. The van der Waals surface area contributed by atoms with E-state index in [1.165, 1.54) is 6.07 Å². The normalized spacial score (nSPS) is 11.4. The molecule has 0 aliphatic rings. The van der Waals surface area contributed by atoms with Crippen LogP contribution in [0.1, 0.15) is 37.0 Å². The van der Waals surface area contributed by atoms with Crippen LogP contribution in [0.3, 0.4) is 0 Å². The van der Waals surface area contributed by atoms with E-state index in [4.69, 9.17) is 0 Å². The molecule has 5 heteroatoms. The second kappa shape index (κ2) is 5.91. The molecule has 0 fully saturated rings. The van der Waals surface area contributed by atoms with Crippen LogP contribution < -0.4 is 5.32 Å². The first-order valence-electron chi connectivity index (χ1n) is 5.88. The Morgan fingerprint density at radius 3 is 2.22 bits per heavy atom. The SMILES string of the molecule is CCC(O)(CC)CNC(=O)c1c(F)cccc1F. The van der Waals surface area contributed by atoms with Crippen molar-refractivity contribution < 1.29 is 18.7 Å². The lowest BCUT2D eigenvalue weighted by atomic mass is 9.97. The van der Waals surface area contributed by atoms with E-state index in [0.29, 0.717) is 12.8 Å². The fourth-order valence-corrected chi connectivity index (χ4v) is 1.55. The molecule has 0 radical (unpaired) electrons. The van der Waals surface area contributed by atoms with Gasteiger partial charge in [-0.1, -0.05) is 19.9 Å². The molecule has 1 aromatic carbocycles. The molecule has 2 N–H and O–H groups in total. The molecule has 0 aliphatic heterocycles. The highest BCUT2D eigenvalue weighted by Crippen LogP contribution is 2.15. The fraction of sp³-hybridized carbons (Fsp3) is 0.462. The lowest BCUT2D eigenvalue weighted by Gasteiger charge is -2.25. The Hall–Kier alpha value is -1.49. The van der Waals surface area contributed by atoms with Crippen molar-refractivity contribution in [1.82, 2.24) is 5.32 Å². The van der Waals surface area contributed by atoms with Gasteiger partial charge in [-0.3, -0.25) is 4.79 Å². The molecule has 1 rings (SSSR count). The van der Waals surface area contributed by atoms with E-state index >= 15 is 0 Å². The van der Waals surface area contributed by atoms with Gasteiger partial charge in [0.2, 0.25) is 0 Å². The van der Waals surface area contributed by atoms with Crippen molar-refractivity contribution in [3.05, 3.63) is 35.4 Å². The Bertz CT molecular complexity index is 411. The van der Waals surface area contributed by atoms with Crippen LogP contribution in [0.2, 0.25) is 0 Å². The first-order valence-corrected chi connectivity index (χ1v) is 5.88. The summed E-state index contributed by atoms with van der Waals surface area (Å²) in [5.74, 6) is -2.68. The maximum absolute atomic E-state index is 13.3. The highest BCUT2D eigenvalue weighted by atomic mass is 19.1. The number of hydrogen-bond donors (Lipinski definition) is 2. The predicted octanol–water partition coefficient (Wildman–Crippen LogP) is 2.25. The van der Waals surface area contributed by atoms with Crippen LogP contribution in [-0.2, 0) is 0 Å². The number of amides is 1. The van der Waals surface area contributed by atoms with E-state index in [0.717, 1.165) is 12.1 Å². The lowest BCUT2D eigenvalue weighted by molar-refractivity contribution is 0.0312. The zero-order chi connectivity index (χ0) is 13.8. The first kappa shape index (κ1) is 14.6. The molecular formula is C13H17F2NO2. The second-order valence-corrected chi connectivity index (χ2v) is 4.21. The van der Waals surface area contributed by atoms with E-state index in [1.54, 1.807) is 13.8 Å². The van der Waals surface area contributed by atoms with E-state index < -0.39 is 28.7 Å². The third kappa shape index (κ3) is 3.26. The summed E-state index contributed by atoms with van der Waals surface area (Å²) in [6.45, 7) is 3.52. The molecule has 0 bridgehead atoms. The van der Waals surface area contributed by atoms with Gasteiger partial charge < -0.3 is 10.4 Å². The molecule has 0 aromatic heterocycles. The second-order valence-electron chi connectivity index (χ2n) is 4.21. The van der Waals surface area contributed by atoms with Gasteiger partial charge in [0.1, 0.15) is 17.2 Å². The molecule has 1 aromatic rings. The summed E-state index contributed by atoms with van der Waals surface area (Å²) in [7, 11) is 0. The smallest absolute Gasteiger partial charge is 0.257 e. The topological polar surface area (TPSA) is 49.3 Å². The summed E-state index contributed by atoms with van der Waals surface area (Å²) in [4.78, 5) is 11.7. The molecule has 3 nitrogen and oxygen atoms in total. The fourth-order valence-electron chi connectivity index (χ4n) is 1.55. The summed E-state index contributed by atoms with van der Waals surface area (Å²) in [6.07, 6.45) is 0.896. The summed E-state index contributed by atoms with van der Waals surface area (Å²) in [6, 6.07) is 3.23. The largest absolute Gasteiger partial charge is 0.388 e. The van der Waals surface area contributed by atoms with Gasteiger partial charge in [0, 0.05) is 6.54 Å². The molecule has 0 spiro atoms. The molecule has 0 unspecified atom stereocenters. The summed E-state index contributed by atoms with van der Waals surface area (Å²) in [5.41, 5.74) is -1.66. The molecule has 100 valence electrons. The minimum absolute atomic E-state index is 0.0351. The summed E-state index contributed by atoms with van der Waals surface area (Å²) < 4.78 is 26.6. The standard InChI is InChI=1S/C13H17F2NO2/c1-3-13(18,4-2)8-16-12(17)11-9(14)6-5-7-10(11)15/h5-7,18H,3-4,8H2,1-2H3,(H,16,17). The van der Waals surface area contributed by atoms with E-state index in [1.807, 2.05) is 0 Å². The van der Waals surface area contributed by atoms with Crippen molar-refractivity contribution in [2.24, 2.45) is 0 Å². The highest BCUT2D eigenvalue weighted by molar-refractivity contribution is 5.94. The Labute approximate surface area is 105 Å². The van der Waals surface area contributed by atoms with Crippen molar-refractivity contribution in [3.63, 3.8) is 0 Å². The Morgan fingerprint density at radius 2 is 1.78 bits per heavy atom. The molecule has 0 aliphatic carbocycles. The molecule has 0 heterocycles. The van der Waals surface area contributed by atoms with Gasteiger partial charge in [0.15, 0.2) is 0 Å². The lowest BCUT2D eigenvalue weighted by Crippen LogP contribution is -2.42. The molecule has 0 atom stereocenters. The predicted molar refractivity (Wildman–Crippen MR) is 64.2 cm³/mol. The molecule has 18 heavy (non-hydrogen) atoms. The molecular weight excluding hydrogens is 240 g/mol. The van der Waals surface area contributed by atoms with Crippen molar-refractivity contribution in [1.29, 1.82) is 0 Å². The van der Waals surface area contributed by atoms with Gasteiger partial charge in [-0.25, -0.2) is 8.78 Å². The van der Waals surface area contributed by atoms with E-state index in [-0.39, 0.29) is 6.54 Å². The van der Waals surface area contributed by atoms with E-state index in [2.05, 4.69) is 5.32 Å². The summed E-state index contributed by atoms with van der Waals surface area (Å²) in [5, 5.41) is 12.3. The van der Waals surface area contributed by atoms with Gasteiger partial charge in [0.05, 0.1) is 5.60 Å². The number of aliphatic hydroxyl groups is 1.